The van der Waals surface area contributed by atoms with Crippen LogP contribution in [0.1, 0.15) is 25.3 Å². The van der Waals surface area contributed by atoms with Crippen molar-refractivity contribution in [1.29, 1.82) is 0 Å². The molecule has 0 aromatic heterocycles. The number of nitrogens with one attached hydrogen (secondary N) is 2. The highest BCUT2D eigenvalue weighted by Gasteiger charge is 2.24. The van der Waals surface area contributed by atoms with E-state index in [2.05, 4.69) is 63.7 Å². The van der Waals surface area contributed by atoms with E-state index >= 15 is 0 Å². The minimum atomic E-state index is 0. The first kappa shape index (κ1) is 19.8. The Morgan fingerprint density at radius 2 is 2.13 bits per heavy atom. The SMILES string of the molecule is C#CCNC(=NCC1CCCN1Cc1ccccc1)NCC.I. The molecule has 5 heteroatoms. The van der Waals surface area contributed by atoms with Gasteiger partial charge in [0.2, 0.25) is 0 Å². The molecule has 1 aromatic rings. The lowest BCUT2D eigenvalue weighted by atomic mass is 10.2. The Morgan fingerprint density at radius 3 is 2.83 bits per heavy atom. The van der Waals surface area contributed by atoms with Crippen molar-refractivity contribution < 1.29 is 0 Å². The molecule has 1 aliphatic heterocycles. The highest BCUT2D eigenvalue weighted by atomic mass is 127. The van der Waals surface area contributed by atoms with Crippen molar-refractivity contribution in [2.24, 2.45) is 4.99 Å². The summed E-state index contributed by atoms with van der Waals surface area (Å²) in [5, 5.41) is 6.37. The molecule has 1 atom stereocenters. The first-order chi connectivity index (χ1) is 10.8. The number of halogens is 1. The number of hydrogen-bond acceptors (Lipinski definition) is 2. The number of terminal acetylenes is 1. The molecule has 2 N–H and O–H groups in total. The molecular formula is C18H27IN4. The summed E-state index contributed by atoms with van der Waals surface area (Å²) >= 11 is 0. The second-order valence-corrected chi connectivity index (χ2v) is 5.53. The van der Waals surface area contributed by atoms with Gasteiger partial charge in [-0.2, -0.15) is 0 Å². The standard InChI is InChI=1S/C18H26N4.HI/c1-3-12-20-18(19-4-2)21-14-17-11-8-13-22(17)15-16-9-6-5-7-10-16;/h1,5-7,9-10,17H,4,8,11-15H2,2H3,(H2,19,20,21);1H. The number of guanidine groups is 1. The molecule has 4 nitrogen and oxygen atoms in total. The monoisotopic (exact) mass is 426 g/mol. The van der Waals surface area contributed by atoms with Crippen molar-refractivity contribution in [3.63, 3.8) is 0 Å². The van der Waals surface area contributed by atoms with Gasteiger partial charge in [-0.15, -0.1) is 30.4 Å². The number of likely N-dealkylation sites (tertiary alicyclic amines) is 1. The van der Waals surface area contributed by atoms with Crippen LogP contribution in [0.25, 0.3) is 0 Å². The summed E-state index contributed by atoms with van der Waals surface area (Å²) < 4.78 is 0. The van der Waals surface area contributed by atoms with Gasteiger partial charge >= 0.3 is 0 Å². The van der Waals surface area contributed by atoms with E-state index in [0.717, 1.165) is 32.1 Å². The maximum absolute atomic E-state index is 5.30. The van der Waals surface area contributed by atoms with Crippen molar-refractivity contribution in [2.75, 3.05) is 26.2 Å². The van der Waals surface area contributed by atoms with Crippen molar-refractivity contribution >= 4 is 29.9 Å². The minimum absolute atomic E-state index is 0. The van der Waals surface area contributed by atoms with E-state index in [4.69, 9.17) is 6.42 Å². The molecule has 1 aromatic carbocycles. The molecule has 1 fully saturated rings. The van der Waals surface area contributed by atoms with Gasteiger partial charge in [0.25, 0.3) is 0 Å². The van der Waals surface area contributed by atoms with E-state index in [1.807, 2.05) is 0 Å². The van der Waals surface area contributed by atoms with E-state index < -0.39 is 0 Å². The normalized spacial score (nSPS) is 18.1. The number of aliphatic imine (C=N–C) groups is 1. The summed E-state index contributed by atoms with van der Waals surface area (Å²) in [5.41, 5.74) is 1.37. The predicted molar refractivity (Wildman–Crippen MR) is 108 cm³/mol. The average Bonchev–Trinajstić information content (AvgIpc) is 2.98. The van der Waals surface area contributed by atoms with Crippen LogP contribution in [0.15, 0.2) is 35.3 Å². The third kappa shape index (κ3) is 6.80. The molecule has 1 aliphatic rings. The minimum Gasteiger partial charge on any atom is -0.357 e. The molecule has 1 heterocycles. The van der Waals surface area contributed by atoms with E-state index in [0.29, 0.717) is 12.6 Å². The molecule has 2 rings (SSSR count). The van der Waals surface area contributed by atoms with Gasteiger partial charge < -0.3 is 10.6 Å². The van der Waals surface area contributed by atoms with Crippen LogP contribution in [0.4, 0.5) is 0 Å². The zero-order valence-electron chi connectivity index (χ0n) is 13.8. The summed E-state index contributed by atoms with van der Waals surface area (Å²) in [6.45, 7) is 6.38. The molecule has 1 saturated heterocycles. The summed E-state index contributed by atoms with van der Waals surface area (Å²) in [5.74, 6) is 3.40. The molecule has 0 saturated carbocycles. The Morgan fingerprint density at radius 1 is 1.35 bits per heavy atom. The van der Waals surface area contributed by atoms with Crippen LogP contribution >= 0.6 is 24.0 Å². The van der Waals surface area contributed by atoms with Crippen LogP contribution in [0.3, 0.4) is 0 Å². The van der Waals surface area contributed by atoms with Crippen LogP contribution in [0.2, 0.25) is 0 Å². The van der Waals surface area contributed by atoms with E-state index in [1.165, 1.54) is 18.4 Å². The summed E-state index contributed by atoms with van der Waals surface area (Å²) in [6, 6.07) is 11.2. The Labute approximate surface area is 157 Å². The third-order valence-corrected chi connectivity index (χ3v) is 3.89. The Kier molecular flexibility index (Phi) is 9.72. The van der Waals surface area contributed by atoms with E-state index in [-0.39, 0.29) is 24.0 Å². The highest BCUT2D eigenvalue weighted by Crippen LogP contribution is 2.20. The van der Waals surface area contributed by atoms with Crippen molar-refractivity contribution in [2.45, 2.75) is 32.4 Å². The zero-order valence-corrected chi connectivity index (χ0v) is 16.1. The van der Waals surface area contributed by atoms with Crippen molar-refractivity contribution in [3.8, 4) is 12.3 Å². The van der Waals surface area contributed by atoms with Crippen LogP contribution in [-0.2, 0) is 6.54 Å². The number of hydrogen-bond donors (Lipinski definition) is 2. The van der Waals surface area contributed by atoms with Gasteiger partial charge in [-0.1, -0.05) is 36.3 Å². The second kappa shape index (κ2) is 11.3. The third-order valence-electron chi connectivity index (χ3n) is 3.89. The zero-order chi connectivity index (χ0) is 15.6. The van der Waals surface area contributed by atoms with Crippen molar-refractivity contribution in [3.05, 3.63) is 35.9 Å². The van der Waals surface area contributed by atoms with Gasteiger partial charge in [-0.25, -0.2) is 0 Å². The van der Waals surface area contributed by atoms with Gasteiger partial charge in [0.05, 0.1) is 13.1 Å². The predicted octanol–water partition coefficient (Wildman–Crippen LogP) is 2.46. The first-order valence-electron chi connectivity index (χ1n) is 8.07. The van der Waals surface area contributed by atoms with Gasteiger partial charge in [0.15, 0.2) is 5.96 Å². The smallest absolute Gasteiger partial charge is 0.192 e. The van der Waals surface area contributed by atoms with Crippen LogP contribution in [0, 0.1) is 12.3 Å². The van der Waals surface area contributed by atoms with Crippen LogP contribution < -0.4 is 10.6 Å². The quantitative estimate of drug-likeness (QED) is 0.318. The Balaban J connectivity index is 0.00000264. The number of nitrogens with zero attached hydrogens (tertiary/aromatic N) is 2. The fraction of sp³-hybridized carbons (Fsp3) is 0.500. The molecule has 126 valence electrons. The first-order valence-corrected chi connectivity index (χ1v) is 8.07. The van der Waals surface area contributed by atoms with Gasteiger partial charge in [-0.05, 0) is 31.9 Å². The average molecular weight is 426 g/mol. The van der Waals surface area contributed by atoms with Gasteiger partial charge in [0, 0.05) is 19.1 Å². The van der Waals surface area contributed by atoms with E-state index in [1.54, 1.807) is 0 Å². The van der Waals surface area contributed by atoms with Crippen molar-refractivity contribution in [1.82, 2.24) is 15.5 Å². The maximum atomic E-state index is 5.30. The van der Waals surface area contributed by atoms with Crippen LogP contribution in [-0.4, -0.2) is 43.1 Å². The molecule has 23 heavy (non-hydrogen) atoms. The molecule has 1 unspecified atom stereocenters. The molecule has 0 spiro atoms. The molecule has 0 bridgehead atoms. The molecule has 0 amide bonds. The molecule has 0 aliphatic carbocycles. The summed E-state index contributed by atoms with van der Waals surface area (Å²) in [6.07, 6.45) is 7.76. The molecule has 0 radical (unpaired) electrons. The topological polar surface area (TPSA) is 39.7 Å². The second-order valence-electron chi connectivity index (χ2n) is 5.53. The summed E-state index contributed by atoms with van der Waals surface area (Å²) in [7, 11) is 0. The molecular weight excluding hydrogens is 399 g/mol. The lowest BCUT2D eigenvalue weighted by Gasteiger charge is -2.23. The fourth-order valence-electron chi connectivity index (χ4n) is 2.80. The largest absolute Gasteiger partial charge is 0.357 e. The fourth-order valence-corrected chi connectivity index (χ4v) is 2.80. The lowest BCUT2D eigenvalue weighted by Crippen LogP contribution is -2.39. The lowest BCUT2D eigenvalue weighted by molar-refractivity contribution is 0.250. The van der Waals surface area contributed by atoms with E-state index in [9.17, 15) is 0 Å². The summed E-state index contributed by atoms with van der Waals surface area (Å²) in [4.78, 5) is 7.21. The van der Waals surface area contributed by atoms with Gasteiger partial charge in [-0.3, -0.25) is 9.89 Å². The maximum Gasteiger partial charge on any atom is 0.192 e. The number of benzene rings is 1. The van der Waals surface area contributed by atoms with Crippen LogP contribution in [0.5, 0.6) is 0 Å². The van der Waals surface area contributed by atoms with Gasteiger partial charge in [0.1, 0.15) is 0 Å². The Hall–Kier alpha value is -1.26. The Bertz CT molecular complexity index is 510. The highest BCUT2D eigenvalue weighted by molar-refractivity contribution is 14.0. The number of rotatable bonds is 6.